The Bertz CT molecular complexity index is 779. The average molecular weight is 404 g/mol. The van der Waals surface area contributed by atoms with Crippen molar-refractivity contribution in [3.63, 3.8) is 0 Å². The smallest absolute Gasteiger partial charge is 0.323 e. The monoisotopic (exact) mass is 404 g/mol. The van der Waals surface area contributed by atoms with Crippen molar-refractivity contribution in [3.05, 3.63) is 53.4 Å². The van der Waals surface area contributed by atoms with Crippen molar-refractivity contribution in [2.75, 3.05) is 18.1 Å². The number of carbonyl (C=O) groups excluding carboxylic acids is 2. The minimum atomic E-state index is -1.11. The number of hydrogen-bond acceptors (Lipinski definition) is 6. The molecule has 1 amide bonds. The fourth-order valence-electron chi connectivity index (χ4n) is 2.73. The second-order valence-electron chi connectivity index (χ2n) is 6.15. The second-order valence-corrected chi connectivity index (χ2v) is 7.08. The molecule has 0 spiro atoms. The van der Waals surface area contributed by atoms with Gasteiger partial charge in [-0.1, -0.05) is 30.3 Å². The van der Waals surface area contributed by atoms with Crippen molar-refractivity contribution in [1.82, 2.24) is 5.32 Å². The molecule has 2 aromatic rings. The second kappa shape index (κ2) is 10.6. The number of nitrogens with one attached hydrogen (secondary N) is 1. The van der Waals surface area contributed by atoms with E-state index in [-0.39, 0.29) is 6.61 Å². The van der Waals surface area contributed by atoms with Crippen LogP contribution < -0.4 is 10.2 Å². The standard InChI is InChI=1S/C20H24N2O5S/c1-3-27-20(26)16(12-15-8-5-4-6-9-15)21-14(2)19(25)22(13-18(23)24)17-10-7-11-28-17/h4-11,14,16,21H,3,12-13H2,1-2H3,(H,23,24)/t14-,16-/m0/s1. The van der Waals surface area contributed by atoms with E-state index in [9.17, 15) is 14.4 Å². The Kier molecular flexibility index (Phi) is 8.16. The van der Waals surface area contributed by atoms with Crippen LogP contribution in [0.15, 0.2) is 47.8 Å². The number of ether oxygens (including phenoxy) is 1. The van der Waals surface area contributed by atoms with Crippen LogP contribution in [0.25, 0.3) is 0 Å². The lowest BCUT2D eigenvalue weighted by Crippen LogP contribution is -2.52. The summed E-state index contributed by atoms with van der Waals surface area (Å²) >= 11 is 1.28. The average Bonchev–Trinajstić information content (AvgIpc) is 3.20. The first-order valence-corrected chi connectivity index (χ1v) is 9.83. The highest BCUT2D eigenvalue weighted by Gasteiger charge is 2.29. The first-order valence-electron chi connectivity index (χ1n) is 8.95. The number of rotatable bonds is 10. The number of hydrogen-bond donors (Lipinski definition) is 2. The van der Waals surface area contributed by atoms with Crippen LogP contribution in [-0.4, -0.2) is 48.2 Å². The topological polar surface area (TPSA) is 95.9 Å². The van der Waals surface area contributed by atoms with Crippen molar-refractivity contribution < 1.29 is 24.2 Å². The molecular formula is C20H24N2O5S. The molecule has 0 aliphatic carbocycles. The fourth-order valence-corrected chi connectivity index (χ4v) is 3.47. The molecule has 0 bridgehead atoms. The van der Waals surface area contributed by atoms with Gasteiger partial charge in [-0.2, -0.15) is 0 Å². The van der Waals surface area contributed by atoms with E-state index in [1.807, 2.05) is 30.3 Å². The molecule has 150 valence electrons. The van der Waals surface area contributed by atoms with E-state index < -0.39 is 36.5 Å². The molecule has 2 N–H and O–H groups in total. The number of nitrogens with zero attached hydrogens (tertiary/aromatic N) is 1. The third-order valence-electron chi connectivity index (χ3n) is 4.01. The molecule has 0 saturated heterocycles. The number of carbonyl (C=O) groups is 3. The summed E-state index contributed by atoms with van der Waals surface area (Å²) in [5, 5.41) is 14.5. The van der Waals surface area contributed by atoms with Gasteiger partial charge in [0.15, 0.2) is 0 Å². The molecule has 2 atom stereocenters. The number of thiophene rings is 1. The Hall–Kier alpha value is -2.71. The molecule has 0 fully saturated rings. The van der Waals surface area contributed by atoms with Gasteiger partial charge >= 0.3 is 11.9 Å². The van der Waals surface area contributed by atoms with Crippen LogP contribution in [-0.2, 0) is 25.5 Å². The number of anilines is 1. The third kappa shape index (κ3) is 6.17. The third-order valence-corrected chi connectivity index (χ3v) is 4.90. The maximum absolute atomic E-state index is 12.9. The molecule has 1 aromatic heterocycles. The molecular weight excluding hydrogens is 380 g/mol. The lowest BCUT2D eigenvalue weighted by Gasteiger charge is -2.26. The zero-order valence-corrected chi connectivity index (χ0v) is 16.6. The molecule has 7 nitrogen and oxygen atoms in total. The normalized spacial score (nSPS) is 12.8. The van der Waals surface area contributed by atoms with Gasteiger partial charge in [-0.25, -0.2) is 0 Å². The maximum Gasteiger partial charge on any atom is 0.323 e. The summed E-state index contributed by atoms with van der Waals surface area (Å²) in [4.78, 5) is 37.7. The predicted molar refractivity (Wildman–Crippen MR) is 107 cm³/mol. The molecule has 0 aliphatic heterocycles. The molecule has 0 aliphatic rings. The Balaban J connectivity index is 2.15. The summed E-state index contributed by atoms with van der Waals surface area (Å²) in [7, 11) is 0. The molecule has 2 rings (SSSR count). The van der Waals surface area contributed by atoms with Gasteiger partial charge in [0.1, 0.15) is 12.6 Å². The van der Waals surface area contributed by atoms with E-state index in [2.05, 4.69) is 5.32 Å². The van der Waals surface area contributed by atoms with E-state index in [0.717, 1.165) is 5.56 Å². The highest BCUT2D eigenvalue weighted by atomic mass is 32.1. The molecule has 0 radical (unpaired) electrons. The van der Waals surface area contributed by atoms with Crippen LogP contribution in [0.2, 0.25) is 0 Å². The number of carboxylic acid groups (broad SMARTS) is 1. The van der Waals surface area contributed by atoms with Crippen molar-refractivity contribution >= 4 is 34.2 Å². The first kappa shape index (κ1) is 21.6. The number of carboxylic acids is 1. The van der Waals surface area contributed by atoms with E-state index in [1.54, 1.807) is 31.4 Å². The van der Waals surface area contributed by atoms with Crippen LogP contribution in [0, 0.1) is 0 Å². The molecule has 1 heterocycles. The highest BCUT2D eigenvalue weighted by Crippen LogP contribution is 2.22. The number of aliphatic carboxylic acids is 1. The van der Waals surface area contributed by atoms with Gasteiger partial charge < -0.3 is 9.84 Å². The fraction of sp³-hybridized carbons (Fsp3) is 0.350. The first-order chi connectivity index (χ1) is 13.4. The molecule has 1 aromatic carbocycles. The highest BCUT2D eigenvalue weighted by molar-refractivity contribution is 7.14. The summed E-state index contributed by atoms with van der Waals surface area (Å²) < 4.78 is 5.14. The van der Waals surface area contributed by atoms with Crippen molar-refractivity contribution in [3.8, 4) is 0 Å². The van der Waals surface area contributed by atoms with E-state index >= 15 is 0 Å². The van der Waals surface area contributed by atoms with Crippen LogP contribution in [0.3, 0.4) is 0 Å². The van der Waals surface area contributed by atoms with Gasteiger partial charge in [0, 0.05) is 0 Å². The van der Waals surface area contributed by atoms with Crippen LogP contribution >= 0.6 is 11.3 Å². The number of amides is 1. The zero-order chi connectivity index (χ0) is 20.5. The summed E-state index contributed by atoms with van der Waals surface area (Å²) in [5.41, 5.74) is 0.924. The molecule has 0 unspecified atom stereocenters. The van der Waals surface area contributed by atoms with Crippen LogP contribution in [0.5, 0.6) is 0 Å². The summed E-state index contributed by atoms with van der Waals surface area (Å²) in [5.74, 6) is -1.99. The van der Waals surface area contributed by atoms with Gasteiger partial charge in [0.25, 0.3) is 0 Å². The zero-order valence-electron chi connectivity index (χ0n) is 15.8. The molecule has 28 heavy (non-hydrogen) atoms. The van der Waals surface area contributed by atoms with Gasteiger partial charge in [-0.05, 0) is 43.3 Å². The maximum atomic E-state index is 12.9. The minimum absolute atomic E-state index is 0.231. The van der Waals surface area contributed by atoms with Gasteiger partial charge in [0.2, 0.25) is 5.91 Å². The summed E-state index contributed by atoms with van der Waals surface area (Å²) in [6.07, 6.45) is 0.356. The Morgan fingerprint density at radius 2 is 1.89 bits per heavy atom. The molecule has 0 saturated carbocycles. The van der Waals surface area contributed by atoms with Crippen LogP contribution in [0.1, 0.15) is 19.4 Å². The van der Waals surface area contributed by atoms with Gasteiger partial charge in [0.05, 0.1) is 17.6 Å². The van der Waals surface area contributed by atoms with E-state index in [4.69, 9.17) is 9.84 Å². The number of benzene rings is 1. The quantitative estimate of drug-likeness (QED) is 0.590. The SMILES string of the molecule is CCOC(=O)[C@H](Cc1ccccc1)N[C@@H](C)C(=O)N(CC(=O)O)c1cccs1. The van der Waals surface area contributed by atoms with Crippen molar-refractivity contribution in [1.29, 1.82) is 0 Å². The number of esters is 1. The van der Waals surface area contributed by atoms with E-state index in [1.165, 1.54) is 16.2 Å². The molecule has 8 heteroatoms. The Morgan fingerprint density at radius 3 is 2.46 bits per heavy atom. The Morgan fingerprint density at radius 1 is 1.18 bits per heavy atom. The van der Waals surface area contributed by atoms with Crippen molar-refractivity contribution in [2.24, 2.45) is 0 Å². The van der Waals surface area contributed by atoms with Crippen LogP contribution in [0.4, 0.5) is 5.00 Å². The van der Waals surface area contributed by atoms with E-state index in [0.29, 0.717) is 11.4 Å². The van der Waals surface area contributed by atoms with Gasteiger partial charge in [-0.3, -0.25) is 24.6 Å². The summed E-state index contributed by atoms with van der Waals surface area (Å²) in [6.45, 7) is 3.11. The lowest BCUT2D eigenvalue weighted by atomic mass is 10.0. The minimum Gasteiger partial charge on any atom is -0.480 e. The Labute approximate surface area is 167 Å². The predicted octanol–water partition coefficient (Wildman–Crippen LogP) is 2.32. The van der Waals surface area contributed by atoms with Crippen molar-refractivity contribution in [2.45, 2.75) is 32.4 Å². The summed E-state index contributed by atoms with van der Waals surface area (Å²) in [6, 6.07) is 11.3. The largest absolute Gasteiger partial charge is 0.480 e. The lowest BCUT2D eigenvalue weighted by molar-refractivity contribution is -0.146. The van der Waals surface area contributed by atoms with Gasteiger partial charge in [-0.15, -0.1) is 11.3 Å².